The molecule has 1 heterocycles. The van der Waals surface area contributed by atoms with Gasteiger partial charge in [-0.15, -0.1) is 0 Å². The summed E-state index contributed by atoms with van der Waals surface area (Å²) in [7, 11) is 1.61. The zero-order valence-electron chi connectivity index (χ0n) is 12.1. The number of hydrogen-bond acceptors (Lipinski definition) is 3. The van der Waals surface area contributed by atoms with E-state index < -0.39 is 17.1 Å². The number of benzene rings is 1. The third-order valence-corrected chi connectivity index (χ3v) is 2.74. The fraction of sp³-hybridized carbons (Fsp3) is 0.333. The van der Waals surface area contributed by atoms with E-state index in [2.05, 4.69) is 5.32 Å². The van der Waals surface area contributed by atoms with Crippen molar-refractivity contribution < 1.29 is 9.32 Å². The van der Waals surface area contributed by atoms with Crippen LogP contribution in [-0.2, 0) is 7.05 Å². The molecule has 0 aliphatic heterocycles. The molecule has 0 atom stereocenters. The summed E-state index contributed by atoms with van der Waals surface area (Å²) < 4.78 is 6.36. The van der Waals surface area contributed by atoms with Gasteiger partial charge in [-0.2, -0.15) is 0 Å². The van der Waals surface area contributed by atoms with E-state index in [9.17, 15) is 9.59 Å². The van der Waals surface area contributed by atoms with E-state index in [1.807, 2.05) is 51.1 Å². The number of aromatic nitrogens is 1. The van der Waals surface area contributed by atoms with Crippen LogP contribution in [0.2, 0.25) is 0 Å². The smallest absolute Gasteiger partial charge is 0.347 e. The third-order valence-electron chi connectivity index (χ3n) is 2.74. The summed E-state index contributed by atoms with van der Waals surface area (Å²) in [5.74, 6) is -0.425. The van der Waals surface area contributed by atoms with E-state index in [-0.39, 0.29) is 5.56 Å². The van der Waals surface area contributed by atoms with E-state index in [1.54, 1.807) is 7.05 Å². The fourth-order valence-electron chi connectivity index (χ4n) is 2.00. The lowest BCUT2D eigenvalue weighted by atomic mass is 10.0. The van der Waals surface area contributed by atoms with E-state index in [0.717, 1.165) is 5.56 Å². The summed E-state index contributed by atoms with van der Waals surface area (Å²) in [4.78, 5) is 24.2. The average Bonchev–Trinajstić information content (AvgIpc) is 2.63. The Labute approximate surface area is 117 Å². The number of nitrogens with one attached hydrogen (secondary N) is 1. The van der Waals surface area contributed by atoms with Crippen LogP contribution in [0.5, 0.6) is 0 Å². The van der Waals surface area contributed by atoms with Crippen LogP contribution in [-0.4, -0.2) is 16.2 Å². The number of amides is 1. The molecule has 0 bridgehead atoms. The standard InChI is InChI=1S/C15H18N2O3/c1-15(2,3)16-13(18)11-12(17(4)20-14(11)19)10-8-6-5-7-9-10/h5-9H,1-4H3,(H,16,18). The summed E-state index contributed by atoms with van der Waals surface area (Å²) in [5, 5.41) is 2.79. The number of carbonyl (C=O) groups excluding carboxylic acids is 1. The Morgan fingerprint density at radius 3 is 2.35 bits per heavy atom. The SMILES string of the molecule is Cn1oc(=O)c(C(=O)NC(C)(C)C)c1-c1ccccc1. The van der Waals surface area contributed by atoms with Gasteiger partial charge in [0.15, 0.2) is 5.56 Å². The minimum absolute atomic E-state index is 0.0358. The minimum Gasteiger partial charge on any atom is -0.347 e. The molecular formula is C15H18N2O3. The van der Waals surface area contributed by atoms with Crippen molar-refractivity contribution in [2.24, 2.45) is 7.05 Å². The molecule has 0 aliphatic rings. The number of carbonyl (C=O) groups is 1. The van der Waals surface area contributed by atoms with Crippen LogP contribution < -0.4 is 10.9 Å². The first kappa shape index (κ1) is 14.1. The van der Waals surface area contributed by atoms with Crippen LogP contribution in [0.15, 0.2) is 39.6 Å². The zero-order valence-corrected chi connectivity index (χ0v) is 12.1. The van der Waals surface area contributed by atoms with Gasteiger partial charge in [-0.05, 0) is 20.8 Å². The summed E-state index contributed by atoms with van der Waals surface area (Å²) in [6.07, 6.45) is 0. The molecule has 0 unspecified atom stereocenters. The largest absolute Gasteiger partial charge is 0.370 e. The second-order valence-electron chi connectivity index (χ2n) is 5.67. The molecule has 2 aromatic rings. The fourth-order valence-corrected chi connectivity index (χ4v) is 2.00. The van der Waals surface area contributed by atoms with Crippen LogP contribution in [0.3, 0.4) is 0 Å². The lowest BCUT2D eigenvalue weighted by molar-refractivity contribution is 0.0918. The van der Waals surface area contributed by atoms with Gasteiger partial charge in [0.1, 0.15) is 5.69 Å². The monoisotopic (exact) mass is 274 g/mol. The summed E-state index contributed by atoms with van der Waals surface area (Å²) in [6, 6.07) is 9.23. The van der Waals surface area contributed by atoms with Gasteiger partial charge in [-0.3, -0.25) is 4.79 Å². The second-order valence-corrected chi connectivity index (χ2v) is 5.67. The lowest BCUT2D eigenvalue weighted by Crippen LogP contribution is -2.42. The minimum atomic E-state index is -0.631. The summed E-state index contributed by atoms with van der Waals surface area (Å²) in [6.45, 7) is 5.58. The molecule has 2 rings (SSSR count). The van der Waals surface area contributed by atoms with Gasteiger partial charge in [-0.25, -0.2) is 9.53 Å². The Hall–Kier alpha value is -2.30. The van der Waals surface area contributed by atoms with Gasteiger partial charge < -0.3 is 9.84 Å². The lowest BCUT2D eigenvalue weighted by Gasteiger charge is -2.20. The topological polar surface area (TPSA) is 64.2 Å². The molecule has 1 aromatic heterocycles. The molecule has 0 saturated heterocycles. The van der Waals surface area contributed by atoms with Crippen molar-refractivity contribution in [3.8, 4) is 11.3 Å². The normalized spacial score (nSPS) is 11.4. The average molecular weight is 274 g/mol. The molecule has 5 nitrogen and oxygen atoms in total. The van der Waals surface area contributed by atoms with Gasteiger partial charge >= 0.3 is 5.63 Å². The van der Waals surface area contributed by atoms with E-state index in [1.165, 1.54) is 4.74 Å². The van der Waals surface area contributed by atoms with Crippen LogP contribution >= 0.6 is 0 Å². The molecule has 1 N–H and O–H groups in total. The molecule has 0 fully saturated rings. The maximum absolute atomic E-state index is 12.3. The highest BCUT2D eigenvalue weighted by atomic mass is 16.5. The predicted octanol–water partition coefficient (Wildman–Crippen LogP) is 2.17. The number of rotatable bonds is 2. The van der Waals surface area contributed by atoms with Crippen molar-refractivity contribution in [1.29, 1.82) is 0 Å². The van der Waals surface area contributed by atoms with Crippen LogP contribution in [0.4, 0.5) is 0 Å². The molecule has 106 valence electrons. The highest BCUT2D eigenvalue weighted by Crippen LogP contribution is 2.21. The first-order valence-electron chi connectivity index (χ1n) is 6.38. The van der Waals surface area contributed by atoms with Crippen molar-refractivity contribution in [2.45, 2.75) is 26.3 Å². The maximum Gasteiger partial charge on any atom is 0.370 e. The zero-order chi connectivity index (χ0) is 14.9. The second kappa shape index (κ2) is 5.00. The van der Waals surface area contributed by atoms with Crippen LogP contribution in [0.1, 0.15) is 31.1 Å². The molecular weight excluding hydrogens is 256 g/mol. The molecule has 0 radical (unpaired) electrons. The Morgan fingerprint density at radius 1 is 1.20 bits per heavy atom. The molecule has 5 heteroatoms. The van der Waals surface area contributed by atoms with E-state index in [4.69, 9.17) is 4.52 Å². The van der Waals surface area contributed by atoms with Gasteiger partial charge in [0.05, 0.1) is 0 Å². The molecule has 20 heavy (non-hydrogen) atoms. The van der Waals surface area contributed by atoms with Crippen molar-refractivity contribution in [1.82, 2.24) is 10.1 Å². The molecule has 1 amide bonds. The van der Waals surface area contributed by atoms with Crippen molar-refractivity contribution in [3.63, 3.8) is 0 Å². The van der Waals surface area contributed by atoms with Crippen LogP contribution in [0.25, 0.3) is 11.3 Å². The van der Waals surface area contributed by atoms with Gasteiger partial charge in [-0.1, -0.05) is 30.3 Å². The first-order valence-corrected chi connectivity index (χ1v) is 6.38. The Morgan fingerprint density at radius 2 is 1.80 bits per heavy atom. The molecule has 0 spiro atoms. The maximum atomic E-state index is 12.3. The highest BCUT2D eigenvalue weighted by molar-refractivity contribution is 5.99. The molecule has 1 aromatic carbocycles. The predicted molar refractivity (Wildman–Crippen MR) is 76.6 cm³/mol. The Bertz CT molecular complexity index is 675. The molecule has 0 saturated carbocycles. The van der Waals surface area contributed by atoms with E-state index >= 15 is 0 Å². The van der Waals surface area contributed by atoms with Crippen molar-refractivity contribution in [3.05, 3.63) is 46.3 Å². The highest BCUT2D eigenvalue weighted by Gasteiger charge is 2.26. The van der Waals surface area contributed by atoms with Gasteiger partial charge in [0, 0.05) is 18.2 Å². The van der Waals surface area contributed by atoms with Gasteiger partial charge in [0.25, 0.3) is 5.91 Å². The summed E-state index contributed by atoms with van der Waals surface area (Å²) in [5.41, 5.74) is 0.229. The number of nitrogens with zero attached hydrogens (tertiary/aromatic N) is 1. The number of aryl methyl sites for hydroxylation is 1. The third kappa shape index (κ3) is 2.82. The molecule has 0 aliphatic carbocycles. The van der Waals surface area contributed by atoms with Gasteiger partial charge in [0.2, 0.25) is 0 Å². The Balaban J connectivity index is 2.55. The Kier molecular flexibility index (Phi) is 3.53. The van der Waals surface area contributed by atoms with E-state index in [0.29, 0.717) is 5.69 Å². The quantitative estimate of drug-likeness (QED) is 0.912. The number of hydrogen-bond donors (Lipinski definition) is 1. The first-order chi connectivity index (χ1) is 9.29. The summed E-state index contributed by atoms with van der Waals surface area (Å²) >= 11 is 0. The van der Waals surface area contributed by atoms with Crippen molar-refractivity contribution >= 4 is 5.91 Å². The van der Waals surface area contributed by atoms with Crippen molar-refractivity contribution in [2.75, 3.05) is 0 Å². The van der Waals surface area contributed by atoms with Crippen LogP contribution in [0, 0.1) is 0 Å².